The molecule has 2 aliphatic heterocycles. The van der Waals surface area contributed by atoms with Crippen molar-refractivity contribution in [2.45, 2.75) is 12.2 Å². The molecule has 1 fully saturated rings. The third-order valence-corrected chi connectivity index (χ3v) is 2.58. The Morgan fingerprint density at radius 1 is 1.21 bits per heavy atom. The Kier molecular flexibility index (Phi) is 1.64. The molecule has 0 aliphatic carbocycles. The number of fused-ring (bicyclic) bond motifs is 2. The fraction of sp³-hybridized carbons (Fsp3) is 0.400. The number of hydrogen-bond donors (Lipinski definition) is 1. The second-order valence-corrected chi connectivity index (χ2v) is 3.54. The Labute approximate surface area is 80.8 Å². The molecular formula is C10H10FNO2. The summed E-state index contributed by atoms with van der Waals surface area (Å²) in [6, 6.07) is 4.73. The van der Waals surface area contributed by atoms with E-state index < -0.39 is 0 Å². The maximum Gasteiger partial charge on any atom is 0.197 e. The predicted molar refractivity (Wildman–Crippen MR) is 48.1 cm³/mol. The third kappa shape index (κ3) is 1.07. The topological polar surface area (TPSA) is 30.5 Å². The Balaban J connectivity index is 2.01. The molecule has 1 unspecified atom stereocenters. The number of benzene rings is 1. The van der Waals surface area contributed by atoms with Gasteiger partial charge in [0.25, 0.3) is 0 Å². The Morgan fingerprint density at radius 2 is 2.00 bits per heavy atom. The summed E-state index contributed by atoms with van der Waals surface area (Å²) in [7, 11) is 0. The van der Waals surface area contributed by atoms with Crippen molar-refractivity contribution in [1.29, 1.82) is 0 Å². The number of rotatable bonds is 0. The van der Waals surface area contributed by atoms with Gasteiger partial charge < -0.3 is 14.8 Å². The van der Waals surface area contributed by atoms with Crippen LogP contribution in [0.1, 0.15) is 0 Å². The summed E-state index contributed by atoms with van der Waals surface area (Å²) in [5, 5.41) is 3.15. The van der Waals surface area contributed by atoms with Gasteiger partial charge >= 0.3 is 0 Å². The second kappa shape index (κ2) is 2.85. The van der Waals surface area contributed by atoms with Gasteiger partial charge in [-0.05, 0) is 12.1 Å². The predicted octanol–water partition coefficient (Wildman–Crippen LogP) is 0.937. The Morgan fingerprint density at radius 3 is 2.86 bits per heavy atom. The quantitative estimate of drug-likeness (QED) is 0.668. The molecule has 0 saturated carbocycles. The maximum absolute atomic E-state index is 13.3. The molecule has 0 radical (unpaired) electrons. The highest BCUT2D eigenvalue weighted by molar-refractivity contribution is 5.42. The SMILES string of the molecule is Fc1cccc2c1OC1CNC[C@H]1O2. The van der Waals surface area contributed by atoms with Crippen LogP contribution < -0.4 is 14.8 Å². The molecule has 3 rings (SSSR count). The van der Waals surface area contributed by atoms with E-state index in [1.54, 1.807) is 12.1 Å². The molecule has 0 bridgehead atoms. The summed E-state index contributed by atoms with van der Waals surface area (Å²) in [5.41, 5.74) is 0. The molecule has 74 valence electrons. The molecule has 0 aromatic heterocycles. The van der Waals surface area contributed by atoms with Crippen LogP contribution in [0.15, 0.2) is 18.2 Å². The molecule has 4 heteroatoms. The van der Waals surface area contributed by atoms with Crippen LogP contribution >= 0.6 is 0 Å². The Bertz CT molecular complexity index is 369. The molecule has 2 heterocycles. The van der Waals surface area contributed by atoms with Gasteiger partial charge in [-0.25, -0.2) is 4.39 Å². The van der Waals surface area contributed by atoms with Gasteiger partial charge in [0, 0.05) is 13.1 Å². The summed E-state index contributed by atoms with van der Waals surface area (Å²) in [6.45, 7) is 1.49. The highest BCUT2D eigenvalue weighted by Crippen LogP contribution is 2.36. The van der Waals surface area contributed by atoms with E-state index in [4.69, 9.17) is 9.47 Å². The fourth-order valence-electron chi connectivity index (χ4n) is 1.88. The molecule has 1 aromatic carbocycles. The van der Waals surface area contributed by atoms with Gasteiger partial charge in [-0.15, -0.1) is 0 Å². The molecule has 3 nitrogen and oxygen atoms in total. The maximum atomic E-state index is 13.3. The van der Waals surface area contributed by atoms with E-state index in [9.17, 15) is 4.39 Å². The summed E-state index contributed by atoms with van der Waals surface area (Å²) in [4.78, 5) is 0. The normalized spacial score (nSPS) is 28.6. The number of halogens is 1. The minimum atomic E-state index is -0.354. The van der Waals surface area contributed by atoms with Crippen LogP contribution in [-0.2, 0) is 0 Å². The summed E-state index contributed by atoms with van der Waals surface area (Å²) in [6.07, 6.45) is -0.0382. The van der Waals surface area contributed by atoms with E-state index in [0.29, 0.717) is 5.75 Å². The minimum absolute atomic E-state index is 0.0179. The second-order valence-electron chi connectivity index (χ2n) is 3.54. The van der Waals surface area contributed by atoms with Crippen molar-refractivity contribution < 1.29 is 13.9 Å². The van der Waals surface area contributed by atoms with E-state index in [0.717, 1.165) is 13.1 Å². The monoisotopic (exact) mass is 195 g/mol. The first-order valence-electron chi connectivity index (χ1n) is 4.67. The van der Waals surface area contributed by atoms with Crippen molar-refractivity contribution >= 4 is 0 Å². The van der Waals surface area contributed by atoms with E-state index >= 15 is 0 Å². The lowest BCUT2D eigenvalue weighted by Gasteiger charge is -2.28. The zero-order valence-corrected chi connectivity index (χ0v) is 7.50. The molecule has 1 aromatic rings. The molecule has 2 aliphatic rings. The smallest absolute Gasteiger partial charge is 0.197 e. The van der Waals surface area contributed by atoms with Crippen LogP contribution in [-0.4, -0.2) is 25.3 Å². The highest BCUT2D eigenvalue weighted by Gasteiger charge is 2.36. The third-order valence-electron chi connectivity index (χ3n) is 2.58. The molecule has 2 atom stereocenters. The lowest BCUT2D eigenvalue weighted by Crippen LogP contribution is -2.38. The van der Waals surface area contributed by atoms with Crippen molar-refractivity contribution in [3.63, 3.8) is 0 Å². The van der Waals surface area contributed by atoms with Gasteiger partial charge in [0.05, 0.1) is 0 Å². The standard InChI is InChI=1S/C10H10FNO2/c11-6-2-1-3-7-10(6)14-9-5-12-4-8(9)13-7/h1-3,8-9,12H,4-5H2/t8-,9?/m1/s1. The fourth-order valence-corrected chi connectivity index (χ4v) is 1.88. The van der Waals surface area contributed by atoms with E-state index in [1.165, 1.54) is 6.07 Å². The molecule has 1 N–H and O–H groups in total. The first-order chi connectivity index (χ1) is 6.84. The first kappa shape index (κ1) is 8.05. The van der Waals surface area contributed by atoms with Crippen LogP contribution in [0.2, 0.25) is 0 Å². The summed E-state index contributed by atoms with van der Waals surface area (Å²) >= 11 is 0. The molecule has 0 spiro atoms. The van der Waals surface area contributed by atoms with Gasteiger partial charge in [0.15, 0.2) is 17.3 Å². The summed E-state index contributed by atoms with van der Waals surface area (Å²) < 4.78 is 24.4. The molecular weight excluding hydrogens is 185 g/mol. The van der Waals surface area contributed by atoms with E-state index in [2.05, 4.69) is 5.32 Å². The van der Waals surface area contributed by atoms with Gasteiger partial charge in [-0.2, -0.15) is 0 Å². The Hall–Kier alpha value is -1.29. The van der Waals surface area contributed by atoms with Crippen molar-refractivity contribution in [2.24, 2.45) is 0 Å². The van der Waals surface area contributed by atoms with Gasteiger partial charge in [0.2, 0.25) is 0 Å². The van der Waals surface area contributed by atoms with Gasteiger partial charge in [-0.1, -0.05) is 6.07 Å². The van der Waals surface area contributed by atoms with E-state index in [-0.39, 0.29) is 23.8 Å². The lowest BCUT2D eigenvalue weighted by molar-refractivity contribution is 0.0510. The van der Waals surface area contributed by atoms with E-state index in [1.807, 2.05) is 0 Å². The average Bonchev–Trinajstić information content (AvgIpc) is 2.62. The van der Waals surface area contributed by atoms with Crippen molar-refractivity contribution in [2.75, 3.05) is 13.1 Å². The highest BCUT2D eigenvalue weighted by atomic mass is 19.1. The number of hydrogen-bond acceptors (Lipinski definition) is 3. The van der Waals surface area contributed by atoms with Gasteiger partial charge in [0.1, 0.15) is 12.2 Å². The largest absolute Gasteiger partial charge is 0.481 e. The average molecular weight is 195 g/mol. The molecule has 14 heavy (non-hydrogen) atoms. The molecule has 1 saturated heterocycles. The van der Waals surface area contributed by atoms with Crippen molar-refractivity contribution in [3.05, 3.63) is 24.0 Å². The zero-order valence-electron chi connectivity index (χ0n) is 7.50. The number of nitrogens with one attached hydrogen (secondary N) is 1. The van der Waals surface area contributed by atoms with Crippen LogP contribution in [0.3, 0.4) is 0 Å². The molecule has 0 amide bonds. The number of ether oxygens (including phenoxy) is 2. The van der Waals surface area contributed by atoms with Crippen molar-refractivity contribution in [1.82, 2.24) is 5.32 Å². The lowest BCUT2D eigenvalue weighted by atomic mass is 10.2. The van der Waals surface area contributed by atoms with Crippen LogP contribution in [0.4, 0.5) is 4.39 Å². The first-order valence-corrected chi connectivity index (χ1v) is 4.67. The van der Waals surface area contributed by atoms with Crippen LogP contribution in [0, 0.1) is 5.82 Å². The van der Waals surface area contributed by atoms with Gasteiger partial charge in [-0.3, -0.25) is 0 Å². The zero-order chi connectivity index (χ0) is 9.54. The summed E-state index contributed by atoms with van der Waals surface area (Å²) in [5.74, 6) is 0.403. The number of para-hydroxylation sites is 1. The van der Waals surface area contributed by atoms with Crippen molar-refractivity contribution in [3.8, 4) is 11.5 Å². The minimum Gasteiger partial charge on any atom is -0.481 e. The van der Waals surface area contributed by atoms with Crippen LogP contribution in [0.5, 0.6) is 11.5 Å². The van der Waals surface area contributed by atoms with Crippen LogP contribution in [0.25, 0.3) is 0 Å².